The summed E-state index contributed by atoms with van der Waals surface area (Å²) in [5.41, 5.74) is 0. The number of carbonyl (C=O) groups is 1. The van der Waals surface area contributed by atoms with Crippen molar-refractivity contribution >= 4 is 5.91 Å². The third-order valence-corrected chi connectivity index (χ3v) is 9.81. The first-order valence-corrected chi connectivity index (χ1v) is 21.0. The number of aliphatic hydroxyl groups excluding tert-OH is 7. The molecule has 8 N–H and O–H groups in total. The van der Waals surface area contributed by atoms with Crippen LogP contribution in [0.4, 0.5) is 0 Å². The van der Waals surface area contributed by atoms with Crippen molar-refractivity contribution in [2.24, 2.45) is 0 Å². The van der Waals surface area contributed by atoms with Gasteiger partial charge in [-0.2, -0.15) is 0 Å². The number of hydrogen-bond donors (Lipinski definition) is 8. The number of carbonyl (C=O) groups excluding carboxylic acids is 1. The van der Waals surface area contributed by atoms with Gasteiger partial charge < -0.3 is 50.5 Å². The lowest BCUT2D eigenvalue weighted by Crippen LogP contribution is -2.60. The molecule has 0 aliphatic carbocycles. The van der Waals surface area contributed by atoms with E-state index in [4.69, 9.17) is 9.47 Å². The molecule has 1 amide bonds. The summed E-state index contributed by atoms with van der Waals surface area (Å²) in [5.74, 6) is -0.728. The summed E-state index contributed by atoms with van der Waals surface area (Å²) in [6.45, 7) is 3.31. The Labute approximate surface area is 326 Å². The van der Waals surface area contributed by atoms with Crippen LogP contribution in [0.3, 0.4) is 0 Å². The van der Waals surface area contributed by atoms with E-state index < -0.39 is 74.2 Å². The minimum absolute atomic E-state index is 0.232. The molecule has 1 saturated heterocycles. The summed E-state index contributed by atoms with van der Waals surface area (Å²) < 4.78 is 11.0. The molecule has 0 radical (unpaired) electrons. The molecule has 314 valence electrons. The van der Waals surface area contributed by atoms with E-state index in [0.717, 1.165) is 57.8 Å². The van der Waals surface area contributed by atoms with Crippen LogP contribution < -0.4 is 5.32 Å². The van der Waals surface area contributed by atoms with Gasteiger partial charge in [0.2, 0.25) is 5.91 Å². The molecular formula is C43H77NO10. The number of ether oxygens (including phenoxy) is 2. The van der Waals surface area contributed by atoms with Gasteiger partial charge in [-0.3, -0.25) is 4.79 Å². The second kappa shape index (κ2) is 33.2. The van der Waals surface area contributed by atoms with E-state index in [1.807, 2.05) is 0 Å². The van der Waals surface area contributed by atoms with Gasteiger partial charge in [0, 0.05) is 0 Å². The number of allylic oxidation sites excluding steroid dienone is 8. The van der Waals surface area contributed by atoms with E-state index in [1.54, 1.807) is 0 Å². The molecule has 0 bridgehead atoms. The van der Waals surface area contributed by atoms with Gasteiger partial charge in [0.05, 0.1) is 25.4 Å². The number of unbranched alkanes of at least 4 members (excludes halogenated alkanes) is 13. The maximum absolute atomic E-state index is 13.0. The fraction of sp³-hybridized carbons (Fsp3) is 0.791. The lowest BCUT2D eigenvalue weighted by molar-refractivity contribution is -0.303. The van der Waals surface area contributed by atoms with E-state index in [0.29, 0.717) is 19.3 Å². The lowest BCUT2D eigenvalue weighted by atomic mass is 9.98. The molecule has 1 aliphatic heterocycles. The molecule has 0 spiro atoms. The third kappa shape index (κ3) is 23.2. The number of rotatable bonds is 33. The molecule has 9 unspecified atom stereocenters. The second-order valence-corrected chi connectivity index (χ2v) is 14.7. The summed E-state index contributed by atoms with van der Waals surface area (Å²) in [5, 5.41) is 75.3. The Hall–Kier alpha value is -1.93. The van der Waals surface area contributed by atoms with Gasteiger partial charge in [-0.25, -0.2) is 0 Å². The summed E-state index contributed by atoms with van der Waals surface area (Å²) in [6, 6.07) is -1.20. The van der Waals surface area contributed by atoms with Crippen molar-refractivity contribution in [2.75, 3.05) is 13.2 Å². The Morgan fingerprint density at radius 3 is 1.69 bits per heavy atom. The molecule has 1 heterocycles. The molecule has 0 aromatic carbocycles. The van der Waals surface area contributed by atoms with Crippen LogP contribution in [0.1, 0.15) is 149 Å². The van der Waals surface area contributed by atoms with Crippen LogP contribution in [0, 0.1) is 0 Å². The van der Waals surface area contributed by atoms with E-state index in [1.165, 1.54) is 44.9 Å². The molecule has 1 fully saturated rings. The van der Waals surface area contributed by atoms with Crippen molar-refractivity contribution in [1.82, 2.24) is 5.32 Å². The zero-order chi connectivity index (χ0) is 39.8. The van der Waals surface area contributed by atoms with E-state index in [-0.39, 0.29) is 12.8 Å². The minimum atomic E-state index is -1.67. The third-order valence-electron chi connectivity index (χ3n) is 9.81. The van der Waals surface area contributed by atoms with Gasteiger partial charge >= 0.3 is 0 Å². The fourth-order valence-corrected chi connectivity index (χ4v) is 6.22. The van der Waals surface area contributed by atoms with Crippen LogP contribution in [0.2, 0.25) is 0 Å². The molecule has 0 aromatic rings. The van der Waals surface area contributed by atoms with Gasteiger partial charge in [0.25, 0.3) is 0 Å². The molecule has 1 rings (SSSR count). The first kappa shape index (κ1) is 50.1. The van der Waals surface area contributed by atoms with Gasteiger partial charge in [-0.15, -0.1) is 0 Å². The smallest absolute Gasteiger partial charge is 0.249 e. The molecular weight excluding hydrogens is 690 g/mol. The highest BCUT2D eigenvalue weighted by atomic mass is 16.7. The fourth-order valence-electron chi connectivity index (χ4n) is 6.22. The highest BCUT2D eigenvalue weighted by Crippen LogP contribution is 2.23. The Morgan fingerprint density at radius 2 is 1.13 bits per heavy atom. The van der Waals surface area contributed by atoms with Gasteiger partial charge in [0.1, 0.15) is 36.6 Å². The first-order valence-electron chi connectivity index (χ1n) is 21.0. The maximum atomic E-state index is 13.0. The van der Waals surface area contributed by atoms with Crippen molar-refractivity contribution in [1.29, 1.82) is 0 Å². The van der Waals surface area contributed by atoms with Crippen molar-refractivity contribution in [3.63, 3.8) is 0 Å². The summed E-state index contributed by atoms with van der Waals surface area (Å²) in [4.78, 5) is 13.0. The minimum Gasteiger partial charge on any atom is -0.394 e. The SMILES string of the molecule is CCCC/C=C\CCCCCCC(O)C(=O)NC(COC1OC(CO)C(O)C(O)C1O)C(O)C(O)CCC/C=C/CC/C=C/CC/C=C/CCCCCC. The normalized spacial score (nSPS) is 23.2. The van der Waals surface area contributed by atoms with Gasteiger partial charge in [-0.1, -0.05) is 114 Å². The maximum Gasteiger partial charge on any atom is 0.249 e. The molecule has 11 nitrogen and oxygen atoms in total. The highest BCUT2D eigenvalue weighted by Gasteiger charge is 2.44. The molecule has 11 heteroatoms. The number of amides is 1. The van der Waals surface area contributed by atoms with Crippen LogP contribution >= 0.6 is 0 Å². The predicted octanol–water partition coefficient (Wildman–Crippen LogP) is 5.83. The Bertz CT molecular complexity index is 1020. The first-order chi connectivity index (χ1) is 26.2. The van der Waals surface area contributed by atoms with E-state index in [2.05, 4.69) is 67.8 Å². The topological polar surface area (TPSA) is 189 Å². The lowest BCUT2D eigenvalue weighted by Gasteiger charge is -2.40. The Balaban J connectivity index is 2.56. The van der Waals surface area contributed by atoms with Crippen LogP contribution in [0.15, 0.2) is 48.6 Å². The zero-order valence-corrected chi connectivity index (χ0v) is 33.4. The van der Waals surface area contributed by atoms with Gasteiger partial charge in [0.15, 0.2) is 6.29 Å². The van der Waals surface area contributed by atoms with Crippen LogP contribution in [-0.4, -0.2) is 110 Å². The number of aliphatic hydroxyl groups is 7. The zero-order valence-electron chi connectivity index (χ0n) is 33.4. The summed E-state index contributed by atoms with van der Waals surface area (Å²) >= 11 is 0. The number of nitrogens with one attached hydrogen (secondary N) is 1. The van der Waals surface area contributed by atoms with Crippen molar-refractivity contribution in [2.45, 2.75) is 204 Å². The monoisotopic (exact) mass is 768 g/mol. The summed E-state index contributed by atoms with van der Waals surface area (Å²) in [7, 11) is 0. The standard InChI is InChI=1S/C43H77NO10/c1-3-5-7-9-11-13-15-16-17-18-19-20-21-23-24-26-28-30-35(46)38(48)34(33-53-43-41(51)40(50)39(49)37(32-45)54-43)44-42(52)36(47)31-29-27-25-22-14-12-10-8-6-4-2/h10,12-13,15,18-19,23-24,34-41,43,45-51H,3-9,11,14,16-17,20-22,25-33H2,1-2H3,(H,44,52)/b12-10-,15-13+,19-18+,24-23+. The molecule has 9 atom stereocenters. The van der Waals surface area contributed by atoms with Crippen molar-refractivity contribution in [3.8, 4) is 0 Å². The molecule has 0 saturated carbocycles. The van der Waals surface area contributed by atoms with E-state index >= 15 is 0 Å². The van der Waals surface area contributed by atoms with Crippen LogP contribution in [0.5, 0.6) is 0 Å². The molecule has 54 heavy (non-hydrogen) atoms. The average Bonchev–Trinajstić information content (AvgIpc) is 3.17. The van der Waals surface area contributed by atoms with Crippen molar-refractivity contribution in [3.05, 3.63) is 48.6 Å². The quantitative estimate of drug-likeness (QED) is 0.0298. The summed E-state index contributed by atoms with van der Waals surface area (Å²) in [6.07, 6.45) is 26.0. The molecule has 0 aromatic heterocycles. The average molecular weight is 768 g/mol. The highest BCUT2D eigenvalue weighted by molar-refractivity contribution is 5.80. The Kier molecular flexibility index (Phi) is 30.8. The van der Waals surface area contributed by atoms with E-state index in [9.17, 15) is 40.5 Å². The van der Waals surface area contributed by atoms with Gasteiger partial charge in [-0.05, 0) is 83.5 Å². The van der Waals surface area contributed by atoms with Crippen LogP contribution in [0.25, 0.3) is 0 Å². The second-order valence-electron chi connectivity index (χ2n) is 14.7. The van der Waals surface area contributed by atoms with Crippen molar-refractivity contribution < 1.29 is 50.0 Å². The Morgan fingerprint density at radius 1 is 0.630 bits per heavy atom. The van der Waals surface area contributed by atoms with Crippen LogP contribution in [-0.2, 0) is 14.3 Å². The largest absolute Gasteiger partial charge is 0.394 e. The number of hydrogen-bond acceptors (Lipinski definition) is 10. The molecule has 1 aliphatic rings. The predicted molar refractivity (Wildman–Crippen MR) is 215 cm³/mol.